The maximum atomic E-state index is 9.10. The van der Waals surface area contributed by atoms with E-state index in [0.29, 0.717) is 6.04 Å². The molecule has 16 heavy (non-hydrogen) atoms. The number of hydrogen-bond donors (Lipinski definition) is 1. The first-order valence-electron chi connectivity index (χ1n) is 5.41. The summed E-state index contributed by atoms with van der Waals surface area (Å²) in [5.74, 6) is 0. The third-order valence-corrected chi connectivity index (χ3v) is 3.45. The molecule has 1 aliphatic rings. The number of anilines is 1. The molecule has 0 radical (unpaired) electrons. The average molecular weight is 280 g/mol. The molecule has 0 spiro atoms. The monoisotopic (exact) mass is 279 g/mol. The molecule has 1 aliphatic heterocycles. The summed E-state index contributed by atoms with van der Waals surface area (Å²) in [7, 11) is 0. The van der Waals surface area contributed by atoms with Gasteiger partial charge in [0, 0.05) is 23.6 Å². The Morgan fingerprint density at radius 2 is 2.06 bits per heavy atom. The Hall–Kier alpha value is -1.05. The van der Waals surface area contributed by atoms with E-state index in [0.717, 1.165) is 41.7 Å². The van der Waals surface area contributed by atoms with Gasteiger partial charge in [0.05, 0.1) is 11.3 Å². The molecule has 0 unspecified atom stereocenters. The summed E-state index contributed by atoms with van der Waals surface area (Å²) in [4.78, 5) is 2.24. The van der Waals surface area contributed by atoms with Crippen molar-refractivity contribution in [1.82, 2.24) is 0 Å². The molecular formula is C12H14BrN3. The van der Waals surface area contributed by atoms with Crippen LogP contribution >= 0.6 is 15.9 Å². The number of piperidine rings is 1. The summed E-state index contributed by atoms with van der Waals surface area (Å²) in [6.45, 7) is 1.88. The number of hydrogen-bond acceptors (Lipinski definition) is 3. The highest BCUT2D eigenvalue weighted by Gasteiger charge is 2.18. The van der Waals surface area contributed by atoms with Crippen LogP contribution in [-0.4, -0.2) is 19.1 Å². The zero-order valence-electron chi connectivity index (χ0n) is 8.99. The summed E-state index contributed by atoms with van der Waals surface area (Å²) in [5.41, 5.74) is 7.62. The minimum Gasteiger partial charge on any atom is -0.370 e. The van der Waals surface area contributed by atoms with Gasteiger partial charge in [-0.2, -0.15) is 5.26 Å². The van der Waals surface area contributed by atoms with Crippen LogP contribution in [0.5, 0.6) is 0 Å². The first-order chi connectivity index (χ1) is 7.70. The lowest BCUT2D eigenvalue weighted by atomic mass is 10.0. The molecule has 2 N–H and O–H groups in total. The van der Waals surface area contributed by atoms with Gasteiger partial charge in [0.1, 0.15) is 6.07 Å². The van der Waals surface area contributed by atoms with Gasteiger partial charge < -0.3 is 10.6 Å². The third-order valence-electron chi connectivity index (χ3n) is 2.96. The van der Waals surface area contributed by atoms with Crippen LogP contribution in [0.25, 0.3) is 0 Å². The van der Waals surface area contributed by atoms with E-state index in [2.05, 4.69) is 26.9 Å². The van der Waals surface area contributed by atoms with Crippen molar-refractivity contribution in [1.29, 1.82) is 5.26 Å². The van der Waals surface area contributed by atoms with Crippen LogP contribution in [0.3, 0.4) is 0 Å². The molecule has 0 bridgehead atoms. The molecule has 2 rings (SSSR count). The molecule has 1 fully saturated rings. The predicted molar refractivity (Wildman–Crippen MR) is 68.3 cm³/mol. The molecule has 0 atom stereocenters. The first-order valence-corrected chi connectivity index (χ1v) is 6.20. The van der Waals surface area contributed by atoms with Crippen molar-refractivity contribution >= 4 is 21.6 Å². The third kappa shape index (κ3) is 2.37. The maximum absolute atomic E-state index is 9.10. The highest BCUT2D eigenvalue weighted by Crippen LogP contribution is 2.26. The number of nitrogens with two attached hydrogens (primary N) is 1. The molecule has 1 aromatic rings. The SMILES string of the molecule is N#Cc1cc(Br)ccc1N1CCC(N)CC1. The van der Waals surface area contributed by atoms with E-state index in [9.17, 15) is 0 Å². The van der Waals surface area contributed by atoms with Crippen molar-refractivity contribution in [2.24, 2.45) is 5.73 Å². The first kappa shape index (κ1) is 11.4. The largest absolute Gasteiger partial charge is 0.370 e. The van der Waals surface area contributed by atoms with Crippen LogP contribution in [0, 0.1) is 11.3 Å². The predicted octanol–water partition coefficient (Wildman–Crippen LogP) is 2.25. The second-order valence-corrected chi connectivity index (χ2v) is 5.01. The summed E-state index contributed by atoms with van der Waals surface area (Å²) in [6.07, 6.45) is 2.00. The summed E-state index contributed by atoms with van der Waals surface area (Å²) < 4.78 is 0.946. The van der Waals surface area contributed by atoms with Crippen LogP contribution in [0.2, 0.25) is 0 Å². The lowest BCUT2D eigenvalue weighted by Gasteiger charge is -2.32. The van der Waals surface area contributed by atoms with Gasteiger partial charge in [-0.15, -0.1) is 0 Å². The van der Waals surface area contributed by atoms with Crippen molar-refractivity contribution in [2.45, 2.75) is 18.9 Å². The van der Waals surface area contributed by atoms with E-state index < -0.39 is 0 Å². The lowest BCUT2D eigenvalue weighted by molar-refractivity contribution is 0.501. The Bertz CT molecular complexity index is 417. The lowest BCUT2D eigenvalue weighted by Crippen LogP contribution is -2.39. The van der Waals surface area contributed by atoms with Crippen molar-refractivity contribution in [3.05, 3.63) is 28.2 Å². The average Bonchev–Trinajstić information content (AvgIpc) is 2.30. The Morgan fingerprint density at radius 3 is 2.69 bits per heavy atom. The normalized spacial score (nSPS) is 17.2. The van der Waals surface area contributed by atoms with E-state index in [4.69, 9.17) is 11.0 Å². The zero-order valence-corrected chi connectivity index (χ0v) is 10.6. The van der Waals surface area contributed by atoms with Crippen molar-refractivity contribution in [3.8, 4) is 6.07 Å². The van der Waals surface area contributed by atoms with Gasteiger partial charge in [0.25, 0.3) is 0 Å². The van der Waals surface area contributed by atoms with E-state index in [-0.39, 0.29) is 0 Å². The molecule has 84 valence electrons. The molecule has 0 saturated carbocycles. The molecule has 0 aliphatic carbocycles. The minimum absolute atomic E-state index is 0.317. The van der Waals surface area contributed by atoms with Gasteiger partial charge in [-0.1, -0.05) is 15.9 Å². The fourth-order valence-corrected chi connectivity index (χ4v) is 2.38. The van der Waals surface area contributed by atoms with Crippen molar-refractivity contribution < 1.29 is 0 Å². The molecule has 1 heterocycles. The fraction of sp³-hybridized carbons (Fsp3) is 0.417. The van der Waals surface area contributed by atoms with Gasteiger partial charge >= 0.3 is 0 Å². The topological polar surface area (TPSA) is 53.0 Å². The van der Waals surface area contributed by atoms with Crippen LogP contribution < -0.4 is 10.6 Å². The Morgan fingerprint density at radius 1 is 1.38 bits per heavy atom. The number of nitrogens with zero attached hydrogens (tertiary/aromatic N) is 2. The Labute approximate surface area is 104 Å². The number of benzene rings is 1. The van der Waals surface area contributed by atoms with Gasteiger partial charge in [-0.3, -0.25) is 0 Å². The fourth-order valence-electron chi connectivity index (χ4n) is 2.01. The van der Waals surface area contributed by atoms with Gasteiger partial charge in [-0.25, -0.2) is 0 Å². The van der Waals surface area contributed by atoms with Crippen molar-refractivity contribution in [3.63, 3.8) is 0 Å². The van der Waals surface area contributed by atoms with E-state index in [1.165, 1.54) is 0 Å². The molecular weight excluding hydrogens is 266 g/mol. The number of rotatable bonds is 1. The maximum Gasteiger partial charge on any atom is 0.101 e. The number of nitriles is 1. The van der Waals surface area contributed by atoms with Crippen LogP contribution in [0.1, 0.15) is 18.4 Å². The zero-order chi connectivity index (χ0) is 11.5. The van der Waals surface area contributed by atoms with E-state index in [1.807, 2.05) is 18.2 Å². The highest BCUT2D eigenvalue weighted by molar-refractivity contribution is 9.10. The smallest absolute Gasteiger partial charge is 0.101 e. The molecule has 1 saturated heterocycles. The van der Waals surface area contributed by atoms with Crippen molar-refractivity contribution in [2.75, 3.05) is 18.0 Å². The molecule has 4 heteroatoms. The molecule has 0 amide bonds. The second-order valence-electron chi connectivity index (χ2n) is 4.10. The molecule has 1 aromatic carbocycles. The minimum atomic E-state index is 0.317. The van der Waals surface area contributed by atoms with E-state index >= 15 is 0 Å². The quantitative estimate of drug-likeness (QED) is 0.858. The molecule has 0 aromatic heterocycles. The Kier molecular flexibility index (Phi) is 3.47. The summed E-state index contributed by atoms with van der Waals surface area (Å²) >= 11 is 3.38. The van der Waals surface area contributed by atoms with Crippen LogP contribution in [-0.2, 0) is 0 Å². The van der Waals surface area contributed by atoms with Gasteiger partial charge in [0.2, 0.25) is 0 Å². The summed E-state index contributed by atoms with van der Waals surface area (Å²) in [6, 6.07) is 8.40. The van der Waals surface area contributed by atoms with E-state index in [1.54, 1.807) is 0 Å². The van der Waals surface area contributed by atoms with Gasteiger partial charge in [-0.05, 0) is 31.0 Å². The van der Waals surface area contributed by atoms with Crippen LogP contribution in [0.4, 0.5) is 5.69 Å². The Balaban J connectivity index is 2.24. The van der Waals surface area contributed by atoms with Gasteiger partial charge in [0.15, 0.2) is 0 Å². The second kappa shape index (κ2) is 4.86. The molecule has 3 nitrogen and oxygen atoms in total. The highest BCUT2D eigenvalue weighted by atomic mass is 79.9. The number of halogens is 1. The standard InChI is InChI=1S/C12H14BrN3/c13-10-1-2-12(9(7-10)8-14)16-5-3-11(15)4-6-16/h1-2,7,11H,3-6,15H2. The van der Waals surface area contributed by atoms with Crippen LogP contribution in [0.15, 0.2) is 22.7 Å². The summed E-state index contributed by atoms with van der Waals surface area (Å²) in [5, 5.41) is 9.10.